The predicted molar refractivity (Wildman–Crippen MR) is 80.9 cm³/mol. The molecule has 0 aliphatic carbocycles. The molecular formula is C15H18BrNO3. The van der Waals surface area contributed by atoms with Crippen LogP contribution in [-0.4, -0.2) is 30.4 Å². The summed E-state index contributed by atoms with van der Waals surface area (Å²) in [6.45, 7) is 2.60. The summed E-state index contributed by atoms with van der Waals surface area (Å²) in [5.74, 6) is -0.551. The molecule has 1 saturated heterocycles. The van der Waals surface area contributed by atoms with Gasteiger partial charge in [-0.25, -0.2) is 0 Å². The Hall–Kier alpha value is -1.36. The molecule has 1 atom stereocenters. The molecule has 1 aromatic rings. The third-order valence-electron chi connectivity index (χ3n) is 3.67. The number of rotatable bonds is 5. The Balaban J connectivity index is 2.28. The molecule has 0 saturated carbocycles. The summed E-state index contributed by atoms with van der Waals surface area (Å²) in [6, 6.07) is 9.44. The molecule has 0 bridgehead atoms. The predicted octanol–water partition coefficient (Wildman–Crippen LogP) is 2.76. The van der Waals surface area contributed by atoms with Crippen LogP contribution in [0.5, 0.6) is 0 Å². The van der Waals surface area contributed by atoms with Gasteiger partial charge in [-0.2, -0.15) is 0 Å². The first-order valence-electron chi connectivity index (χ1n) is 6.76. The second-order valence-electron chi connectivity index (χ2n) is 4.78. The number of esters is 1. The van der Waals surface area contributed by atoms with Gasteiger partial charge >= 0.3 is 5.97 Å². The lowest BCUT2D eigenvalue weighted by Crippen LogP contribution is -2.42. The van der Waals surface area contributed by atoms with Crippen LogP contribution in [0.25, 0.3) is 0 Å². The quantitative estimate of drug-likeness (QED) is 0.470. The Bertz CT molecular complexity index is 491. The van der Waals surface area contributed by atoms with Crippen molar-refractivity contribution < 1.29 is 14.3 Å². The molecule has 1 amide bonds. The van der Waals surface area contributed by atoms with Crippen LogP contribution in [0.2, 0.25) is 0 Å². The number of anilines is 1. The fourth-order valence-corrected chi connectivity index (χ4v) is 3.25. The minimum absolute atomic E-state index is 0.151. The zero-order valence-electron chi connectivity index (χ0n) is 11.5. The van der Waals surface area contributed by atoms with Crippen LogP contribution in [-0.2, 0) is 14.3 Å². The normalized spacial score (nSPS) is 22.1. The molecule has 1 heterocycles. The zero-order chi connectivity index (χ0) is 14.6. The highest BCUT2D eigenvalue weighted by molar-refractivity contribution is 9.09. The molecule has 4 nitrogen and oxygen atoms in total. The Morgan fingerprint density at radius 1 is 1.40 bits per heavy atom. The lowest BCUT2D eigenvalue weighted by atomic mass is 9.83. The summed E-state index contributed by atoms with van der Waals surface area (Å²) in [7, 11) is 0. The first-order valence-corrected chi connectivity index (χ1v) is 7.88. The largest absolute Gasteiger partial charge is 0.465 e. The molecule has 1 fully saturated rings. The van der Waals surface area contributed by atoms with E-state index in [9.17, 15) is 9.59 Å². The minimum Gasteiger partial charge on any atom is -0.465 e. The van der Waals surface area contributed by atoms with Crippen LogP contribution < -0.4 is 4.90 Å². The average Bonchev–Trinajstić information content (AvgIpc) is 2.79. The van der Waals surface area contributed by atoms with Crippen LogP contribution in [0.4, 0.5) is 5.69 Å². The monoisotopic (exact) mass is 339 g/mol. The number of carbonyl (C=O) groups excluding carboxylic acids is 2. The van der Waals surface area contributed by atoms with E-state index < -0.39 is 11.4 Å². The summed E-state index contributed by atoms with van der Waals surface area (Å²) in [5.41, 5.74) is -0.201. The van der Waals surface area contributed by atoms with Crippen LogP contribution in [0, 0.1) is 5.41 Å². The Morgan fingerprint density at radius 3 is 2.70 bits per heavy atom. The minimum atomic E-state index is -1.03. The first-order chi connectivity index (χ1) is 9.65. The highest BCUT2D eigenvalue weighted by atomic mass is 79.9. The highest BCUT2D eigenvalue weighted by Gasteiger charge is 2.53. The van der Waals surface area contributed by atoms with E-state index in [0.29, 0.717) is 31.3 Å². The number of amides is 1. The molecule has 2 rings (SSSR count). The molecule has 108 valence electrons. The maximum absolute atomic E-state index is 12.7. The van der Waals surface area contributed by atoms with Crippen LogP contribution in [0.3, 0.4) is 0 Å². The van der Waals surface area contributed by atoms with Gasteiger partial charge < -0.3 is 9.64 Å². The molecule has 0 N–H and O–H groups in total. The molecule has 20 heavy (non-hydrogen) atoms. The van der Waals surface area contributed by atoms with Crippen LogP contribution >= 0.6 is 15.9 Å². The molecule has 5 heteroatoms. The number of halogens is 1. The van der Waals surface area contributed by atoms with Crippen molar-refractivity contribution in [1.82, 2.24) is 0 Å². The van der Waals surface area contributed by atoms with Crippen molar-refractivity contribution in [3.63, 3.8) is 0 Å². The maximum Gasteiger partial charge on any atom is 0.321 e. The summed E-state index contributed by atoms with van der Waals surface area (Å²) in [6.07, 6.45) is 0.971. The molecular weight excluding hydrogens is 322 g/mol. The second-order valence-corrected chi connectivity index (χ2v) is 5.58. The molecule has 1 aliphatic rings. The van der Waals surface area contributed by atoms with E-state index in [1.54, 1.807) is 11.8 Å². The lowest BCUT2D eigenvalue weighted by molar-refractivity contribution is -0.158. The van der Waals surface area contributed by atoms with E-state index in [4.69, 9.17) is 4.74 Å². The average molecular weight is 340 g/mol. The van der Waals surface area contributed by atoms with Crippen molar-refractivity contribution in [2.24, 2.45) is 5.41 Å². The molecule has 1 aromatic carbocycles. The van der Waals surface area contributed by atoms with E-state index in [1.807, 2.05) is 30.3 Å². The Morgan fingerprint density at radius 2 is 2.10 bits per heavy atom. The van der Waals surface area contributed by atoms with Gasteiger partial charge in [0.2, 0.25) is 5.91 Å². The topological polar surface area (TPSA) is 46.6 Å². The van der Waals surface area contributed by atoms with E-state index in [0.717, 1.165) is 5.69 Å². The number of ether oxygens (including phenoxy) is 1. The van der Waals surface area contributed by atoms with Gasteiger partial charge in [-0.05, 0) is 31.9 Å². The molecule has 1 unspecified atom stereocenters. The van der Waals surface area contributed by atoms with Crippen molar-refractivity contribution in [3.8, 4) is 0 Å². The standard InChI is InChI=1S/C15H18BrNO3/c1-2-20-14(19)15(8-10-16)9-11-17(13(15)18)12-6-4-3-5-7-12/h3-7H,2,8-11H2,1H3. The summed E-state index contributed by atoms with van der Waals surface area (Å²) < 4.78 is 5.13. The molecule has 1 aliphatic heterocycles. The van der Waals surface area contributed by atoms with Crippen LogP contribution in [0.15, 0.2) is 30.3 Å². The number of hydrogen-bond donors (Lipinski definition) is 0. The third-order valence-corrected chi connectivity index (χ3v) is 4.07. The lowest BCUT2D eigenvalue weighted by Gasteiger charge is -2.25. The summed E-state index contributed by atoms with van der Waals surface area (Å²) >= 11 is 3.34. The number of para-hydroxylation sites is 1. The highest BCUT2D eigenvalue weighted by Crippen LogP contribution is 2.39. The Kier molecular flexibility index (Phi) is 4.81. The third kappa shape index (κ3) is 2.59. The van der Waals surface area contributed by atoms with Gasteiger partial charge in [0, 0.05) is 17.6 Å². The van der Waals surface area contributed by atoms with E-state index in [-0.39, 0.29) is 5.91 Å². The van der Waals surface area contributed by atoms with Gasteiger partial charge in [0.25, 0.3) is 0 Å². The van der Waals surface area contributed by atoms with Gasteiger partial charge in [0.05, 0.1) is 6.61 Å². The van der Waals surface area contributed by atoms with Crippen molar-refractivity contribution in [2.45, 2.75) is 19.8 Å². The Labute approximate surface area is 127 Å². The first kappa shape index (κ1) is 15.0. The summed E-state index contributed by atoms with van der Waals surface area (Å²) in [5, 5.41) is 0.597. The van der Waals surface area contributed by atoms with Gasteiger partial charge in [-0.1, -0.05) is 34.1 Å². The van der Waals surface area contributed by atoms with Crippen molar-refractivity contribution >= 4 is 33.5 Å². The number of hydrogen-bond acceptors (Lipinski definition) is 3. The molecule has 0 radical (unpaired) electrons. The molecule has 0 aromatic heterocycles. The number of alkyl halides is 1. The fourth-order valence-electron chi connectivity index (χ4n) is 2.58. The van der Waals surface area contributed by atoms with Gasteiger partial charge in [-0.3, -0.25) is 9.59 Å². The molecule has 0 spiro atoms. The van der Waals surface area contributed by atoms with E-state index in [2.05, 4.69) is 15.9 Å². The van der Waals surface area contributed by atoms with Gasteiger partial charge in [-0.15, -0.1) is 0 Å². The number of benzene rings is 1. The van der Waals surface area contributed by atoms with Crippen LogP contribution in [0.1, 0.15) is 19.8 Å². The van der Waals surface area contributed by atoms with Gasteiger partial charge in [0.15, 0.2) is 0 Å². The maximum atomic E-state index is 12.7. The number of nitrogens with zero attached hydrogens (tertiary/aromatic N) is 1. The van der Waals surface area contributed by atoms with Crippen molar-refractivity contribution in [1.29, 1.82) is 0 Å². The second kappa shape index (κ2) is 6.39. The van der Waals surface area contributed by atoms with E-state index in [1.165, 1.54) is 0 Å². The summed E-state index contributed by atoms with van der Waals surface area (Å²) in [4.78, 5) is 26.7. The van der Waals surface area contributed by atoms with Crippen molar-refractivity contribution in [2.75, 3.05) is 23.4 Å². The SMILES string of the molecule is CCOC(=O)C1(CCBr)CCN(c2ccccc2)C1=O. The van der Waals surface area contributed by atoms with E-state index >= 15 is 0 Å². The van der Waals surface area contributed by atoms with Gasteiger partial charge in [0.1, 0.15) is 5.41 Å². The van der Waals surface area contributed by atoms with Crippen molar-refractivity contribution in [3.05, 3.63) is 30.3 Å². The fraction of sp³-hybridized carbons (Fsp3) is 0.467. The number of carbonyl (C=O) groups is 2. The zero-order valence-corrected chi connectivity index (χ0v) is 13.1. The smallest absolute Gasteiger partial charge is 0.321 e.